The highest BCUT2D eigenvalue weighted by Gasteiger charge is 2.26. The summed E-state index contributed by atoms with van der Waals surface area (Å²) < 4.78 is 0. The van der Waals surface area contributed by atoms with Gasteiger partial charge in [-0.15, -0.1) is 6.58 Å². The Balaban J connectivity index is 2.50. The summed E-state index contributed by atoms with van der Waals surface area (Å²) in [5.41, 5.74) is 0.765. The van der Waals surface area contributed by atoms with Gasteiger partial charge in [-0.2, -0.15) is 0 Å². The van der Waals surface area contributed by atoms with Crippen molar-refractivity contribution in [1.82, 2.24) is 5.32 Å². The number of amides is 1. The van der Waals surface area contributed by atoms with Crippen LogP contribution in [0.4, 0.5) is 0 Å². The Bertz CT molecular complexity index is 306. The van der Waals surface area contributed by atoms with Gasteiger partial charge in [0, 0.05) is 5.92 Å². The fraction of sp³-hybridized carbons (Fsp3) is 0.692. The Morgan fingerprint density at radius 3 is 2.41 bits per heavy atom. The van der Waals surface area contributed by atoms with Crippen LogP contribution >= 0.6 is 0 Å². The molecule has 1 aliphatic rings. The van der Waals surface area contributed by atoms with Crippen LogP contribution in [-0.2, 0) is 9.59 Å². The summed E-state index contributed by atoms with van der Waals surface area (Å²) in [5.74, 6) is -1.11. The van der Waals surface area contributed by atoms with Crippen LogP contribution < -0.4 is 5.32 Å². The lowest BCUT2D eigenvalue weighted by Gasteiger charge is -2.23. The molecular formula is C13H21NO3. The minimum Gasteiger partial charge on any atom is -0.480 e. The van der Waals surface area contributed by atoms with E-state index in [1.165, 1.54) is 6.42 Å². The van der Waals surface area contributed by atoms with Crippen molar-refractivity contribution in [3.05, 3.63) is 12.2 Å². The van der Waals surface area contributed by atoms with Gasteiger partial charge in [0.2, 0.25) is 5.91 Å². The zero-order valence-electron chi connectivity index (χ0n) is 10.4. The second-order valence-electron chi connectivity index (χ2n) is 4.90. The molecule has 0 aliphatic heterocycles. The molecule has 0 aromatic carbocycles. The van der Waals surface area contributed by atoms with E-state index in [9.17, 15) is 9.59 Å². The van der Waals surface area contributed by atoms with Gasteiger partial charge < -0.3 is 10.4 Å². The first-order valence-corrected chi connectivity index (χ1v) is 6.18. The Morgan fingerprint density at radius 2 is 1.94 bits per heavy atom. The van der Waals surface area contributed by atoms with E-state index in [4.69, 9.17) is 5.11 Å². The average Bonchev–Trinajstić information content (AvgIpc) is 2.28. The molecule has 4 heteroatoms. The van der Waals surface area contributed by atoms with E-state index in [1.54, 1.807) is 6.92 Å². The number of carboxylic acids is 1. The highest BCUT2D eigenvalue weighted by atomic mass is 16.4. The van der Waals surface area contributed by atoms with Crippen molar-refractivity contribution in [2.45, 2.75) is 51.5 Å². The second-order valence-corrected chi connectivity index (χ2v) is 4.90. The maximum atomic E-state index is 11.9. The molecular weight excluding hydrogens is 218 g/mol. The third-order valence-corrected chi connectivity index (χ3v) is 3.14. The Morgan fingerprint density at radius 1 is 1.35 bits per heavy atom. The van der Waals surface area contributed by atoms with E-state index < -0.39 is 12.0 Å². The minimum absolute atomic E-state index is 0.00396. The third kappa shape index (κ3) is 4.59. The molecule has 0 saturated heterocycles. The van der Waals surface area contributed by atoms with E-state index in [0.717, 1.165) is 31.3 Å². The van der Waals surface area contributed by atoms with Gasteiger partial charge in [-0.1, -0.05) is 24.8 Å². The van der Waals surface area contributed by atoms with Crippen LogP contribution in [0, 0.1) is 5.92 Å². The van der Waals surface area contributed by atoms with Gasteiger partial charge in [0.25, 0.3) is 0 Å². The lowest BCUT2D eigenvalue weighted by molar-refractivity contribution is -0.142. The largest absolute Gasteiger partial charge is 0.480 e. The van der Waals surface area contributed by atoms with Crippen LogP contribution in [0.2, 0.25) is 0 Å². The molecule has 0 aromatic rings. The van der Waals surface area contributed by atoms with Crippen molar-refractivity contribution in [2.75, 3.05) is 0 Å². The molecule has 17 heavy (non-hydrogen) atoms. The molecule has 2 N–H and O–H groups in total. The number of nitrogens with one attached hydrogen (secondary N) is 1. The maximum absolute atomic E-state index is 11.9. The maximum Gasteiger partial charge on any atom is 0.326 e. The van der Waals surface area contributed by atoms with Gasteiger partial charge in [0.1, 0.15) is 6.04 Å². The van der Waals surface area contributed by atoms with Gasteiger partial charge in [0.05, 0.1) is 0 Å². The average molecular weight is 239 g/mol. The molecule has 0 aromatic heterocycles. The zero-order chi connectivity index (χ0) is 12.8. The SMILES string of the molecule is C=C(C)C[C@H](NC(=O)C1CCCCC1)C(=O)O. The quantitative estimate of drug-likeness (QED) is 0.722. The highest BCUT2D eigenvalue weighted by molar-refractivity contribution is 5.85. The smallest absolute Gasteiger partial charge is 0.326 e. The fourth-order valence-electron chi connectivity index (χ4n) is 2.20. The molecule has 4 nitrogen and oxygen atoms in total. The lowest BCUT2D eigenvalue weighted by Crippen LogP contribution is -2.44. The first kappa shape index (κ1) is 13.7. The van der Waals surface area contributed by atoms with Crippen LogP contribution in [0.1, 0.15) is 45.4 Å². The molecule has 1 atom stereocenters. The molecule has 0 unspecified atom stereocenters. The molecule has 1 saturated carbocycles. The fourth-order valence-corrected chi connectivity index (χ4v) is 2.20. The molecule has 96 valence electrons. The number of aliphatic carboxylic acids is 1. The number of carbonyl (C=O) groups excluding carboxylic acids is 1. The van der Waals surface area contributed by atoms with Crippen molar-refractivity contribution in [1.29, 1.82) is 0 Å². The third-order valence-electron chi connectivity index (χ3n) is 3.14. The lowest BCUT2D eigenvalue weighted by atomic mass is 9.88. The molecule has 1 rings (SSSR count). The molecule has 1 amide bonds. The van der Waals surface area contributed by atoms with Gasteiger partial charge in [-0.3, -0.25) is 4.79 Å². The first-order valence-electron chi connectivity index (χ1n) is 6.18. The van der Waals surface area contributed by atoms with Crippen molar-refractivity contribution < 1.29 is 14.7 Å². The molecule has 0 radical (unpaired) electrons. The van der Waals surface area contributed by atoms with Crippen LogP contribution in [0.3, 0.4) is 0 Å². The highest BCUT2D eigenvalue weighted by Crippen LogP contribution is 2.23. The van der Waals surface area contributed by atoms with Crippen molar-refractivity contribution in [3.63, 3.8) is 0 Å². The van der Waals surface area contributed by atoms with E-state index in [2.05, 4.69) is 11.9 Å². The molecule has 0 heterocycles. The van der Waals surface area contributed by atoms with Gasteiger partial charge in [0.15, 0.2) is 0 Å². The van der Waals surface area contributed by atoms with Crippen LogP contribution in [0.25, 0.3) is 0 Å². The van der Waals surface area contributed by atoms with Crippen LogP contribution in [0.15, 0.2) is 12.2 Å². The Labute approximate surface area is 102 Å². The first-order chi connectivity index (χ1) is 8.00. The topological polar surface area (TPSA) is 66.4 Å². The number of rotatable bonds is 5. The number of hydrogen-bond acceptors (Lipinski definition) is 2. The van der Waals surface area contributed by atoms with E-state index in [0.29, 0.717) is 6.42 Å². The monoisotopic (exact) mass is 239 g/mol. The summed E-state index contributed by atoms with van der Waals surface area (Å²) >= 11 is 0. The van der Waals surface area contributed by atoms with Crippen LogP contribution in [-0.4, -0.2) is 23.0 Å². The molecule has 1 aliphatic carbocycles. The van der Waals surface area contributed by atoms with E-state index in [-0.39, 0.29) is 11.8 Å². The molecule has 0 bridgehead atoms. The molecule has 0 spiro atoms. The van der Waals surface area contributed by atoms with E-state index in [1.807, 2.05) is 0 Å². The van der Waals surface area contributed by atoms with Crippen molar-refractivity contribution in [3.8, 4) is 0 Å². The zero-order valence-corrected chi connectivity index (χ0v) is 10.4. The summed E-state index contributed by atoms with van der Waals surface area (Å²) in [6.45, 7) is 5.45. The summed E-state index contributed by atoms with van der Waals surface area (Å²) in [6, 6.07) is -0.832. The predicted molar refractivity (Wildman–Crippen MR) is 65.6 cm³/mol. The number of carbonyl (C=O) groups is 2. The second kappa shape index (κ2) is 6.42. The number of hydrogen-bond donors (Lipinski definition) is 2. The summed E-state index contributed by atoms with van der Waals surface area (Å²) in [7, 11) is 0. The van der Waals surface area contributed by atoms with Gasteiger partial charge in [-0.05, 0) is 26.2 Å². The van der Waals surface area contributed by atoms with Crippen molar-refractivity contribution in [2.24, 2.45) is 5.92 Å². The normalized spacial score (nSPS) is 18.4. The Hall–Kier alpha value is -1.32. The predicted octanol–water partition coefficient (Wildman–Crippen LogP) is 2.10. The van der Waals surface area contributed by atoms with E-state index >= 15 is 0 Å². The molecule has 1 fully saturated rings. The summed E-state index contributed by atoms with van der Waals surface area (Å²) in [6.07, 6.45) is 5.37. The van der Waals surface area contributed by atoms with Gasteiger partial charge in [-0.25, -0.2) is 4.79 Å². The van der Waals surface area contributed by atoms with Crippen molar-refractivity contribution >= 4 is 11.9 Å². The van der Waals surface area contributed by atoms with Gasteiger partial charge >= 0.3 is 5.97 Å². The summed E-state index contributed by atoms with van der Waals surface area (Å²) in [4.78, 5) is 22.9. The van der Waals surface area contributed by atoms with Crippen LogP contribution in [0.5, 0.6) is 0 Å². The number of carboxylic acid groups (broad SMARTS) is 1. The Kier molecular flexibility index (Phi) is 5.19. The minimum atomic E-state index is -0.989. The standard InChI is InChI=1S/C13H21NO3/c1-9(2)8-11(13(16)17)14-12(15)10-6-4-3-5-7-10/h10-11H,1,3-8H2,2H3,(H,14,15)(H,16,17)/t11-/m0/s1. The summed E-state index contributed by atoms with van der Waals surface area (Å²) in [5, 5.41) is 11.6.